The van der Waals surface area contributed by atoms with E-state index in [4.69, 9.17) is 0 Å². The summed E-state index contributed by atoms with van der Waals surface area (Å²) in [5.41, 5.74) is -5.37. The van der Waals surface area contributed by atoms with Gasteiger partial charge in [0.05, 0.1) is 5.25 Å². The normalized spacial score (nSPS) is 24.3. The monoisotopic (exact) mass is 341 g/mol. The summed E-state index contributed by atoms with van der Waals surface area (Å²) < 4.78 is 61.2. The van der Waals surface area contributed by atoms with Crippen LogP contribution in [0.4, 0.5) is 13.2 Å². The number of carbonyl (C=O) groups excluding carboxylic acids is 2. The van der Waals surface area contributed by atoms with E-state index in [0.29, 0.717) is 12.8 Å². The van der Waals surface area contributed by atoms with Crippen LogP contribution in [-0.2, 0) is 19.4 Å². The van der Waals surface area contributed by atoms with Gasteiger partial charge in [-0.15, -0.1) is 0 Å². The minimum Gasteiger partial charge on any atom is -0.350 e. The molecule has 1 saturated carbocycles. The summed E-state index contributed by atoms with van der Waals surface area (Å²) >= 11 is 0. The number of amides is 1. The molecule has 0 saturated heterocycles. The maximum absolute atomic E-state index is 12.7. The lowest BCUT2D eigenvalue weighted by molar-refractivity contribution is -0.117. The first-order chi connectivity index (χ1) is 10.1. The number of hydrogen-bond acceptors (Lipinski definition) is 4. The molecule has 0 radical (unpaired) electrons. The van der Waals surface area contributed by atoms with Crippen molar-refractivity contribution in [2.24, 2.45) is 5.92 Å². The quantitative estimate of drug-likeness (QED) is 0.589. The van der Waals surface area contributed by atoms with Crippen molar-refractivity contribution in [3.8, 4) is 0 Å². The summed E-state index contributed by atoms with van der Waals surface area (Å²) in [6, 6.07) is -0.216. The smallest absolute Gasteiger partial charge is 0.350 e. The molecule has 1 fully saturated rings. The molecule has 0 aromatic heterocycles. The van der Waals surface area contributed by atoms with Gasteiger partial charge in [0.1, 0.15) is 6.29 Å². The van der Waals surface area contributed by atoms with Gasteiger partial charge >= 0.3 is 5.51 Å². The molecule has 1 aliphatic carbocycles. The van der Waals surface area contributed by atoms with E-state index in [-0.39, 0.29) is 31.1 Å². The van der Waals surface area contributed by atoms with Crippen molar-refractivity contribution in [2.75, 3.05) is 0 Å². The Hall–Kier alpha value is -1.38. The van der Waals surface area contributed by atoms with Gasteiger partial charge in [-0.1, -0.05) is 6.58 Å². The molecule has 0 aromatic carbocycles. The zero-order chi connectivity index (χ0) is 17.0. The summed E-state index contributed by atoms with van der Waals surface area (Å²) in [6.45, 7) is 3.30. The maximum Gasteiger partial charge on any atom is 0.497 e. The van der Waals surface area contributed by atoms with E-state index in [1.54, 1.807) is 0 Å². The maximum atomic E-state index is 12.7. The van der Waals surface area contributed by atoms with Crippen LogP contribution in [0.1, 0.15) is 32.1 Å². The van der Waals surface area contributed by atoms with E-state index < -0.39 is 32.9 Å². The lowest BCUT2D eigenvalue weighted by Gasteiger charge is -2.33. The van der Waals surface area contributed by atoms with Gasteiger partial charge in [0.15, 0.2) is 0 Å². The van der Waals surface area contributed by atoms with Crippen LogP contribution < -0.4 is 5.32 Å². The lowest BCUT2D eigenvalue weighted by atomic mass is 9.83. The molecule has 126 valence electrons. The van der Waals surface area contributed by atoms with Crippen molar-refractivity contribution in [3.63, 3.8) is 0 Å². The number of hydrogen-bond donors (Lipinski definition) is 1. The third-order valence-electron chi connectivity index (χ3n) is 3.88. The van der Waals surface area contributed by atoms with E-state index in [1.165, 1.54) is 0 Å². The van der Waals surface area contributed by atoms with Crippen molar-refractivity contribution in [3.05, 3.63) is 12.7 Å². The third kappa shape index (κ3) is 4.31. The summed E-state index contributed by atoms with van der Waals surface area (Å²) in [6.07, 6.45) is 1.77. The highest BCUT2D eigenvalue weighted by molar-refractivity contribution is 7.92. The Morgan fingerprint density at radius 2 is 1.82 bits per heavy atom. The van der Waals surface area contributed by atoms with E-state index >= 15 is 0 Å². The van der Waals surface area contributed by atoms with Crippen molar-refractivity contribution in [1.82, 2.24) is 5.32 Å². The molecule has 0 aromatic rings. The van der Waals surface area contributed by atoms with Gasteiger partial charge in [0.2, 0.25) is 5.91 Å². The van der Waals surface area contributed by atoms with E-state index in [1.807, 2.05) is 0 Å². The molecule has 1 rings (SSSR count). The van der Waals surface area contributed by atoms with E-state index in [9.17, 15) is 31.2 Å². The van der Waals surface area contributed by atoms with Crippen molar-refractivity contribution < 1.29 is 31.2 Å². The highest BCUT2D eigenvalue weighted by Gasteiger charge is 2.52. The second-order valence-electron chi connectivity index (χ2n) is 5.26. The van der Waals surface area contributed by atoms with Gasteiger partial charge in [-0.2, -0.15) is 13.2 Å². The van der Waals surface area contributed by atoms with Crippen LogP contribution in [0.3, 0.4) is 0 Å². The molecule has 1 atom stereocenters. The van der Waals surface area contributed by atoms with E-state index in [0.717, 1.165) is 6.08 Å². The van der Waals surface area contributed by atoms with Gasteiger partial charge in [0, 0.05) is 12.5 Å². The fourth-order valence-electron chi connectivity index (χ4n) is 2.73. The molecule has 0 bridgehead atoms. The van der Waals surface area contributed by atoms with Crippen LogP contribution in [0.25, 0.3) is 0 Å². The molecule has 1 unspecified atom stereocenters. The first-order valence-electron chi connectivity index (χ1n) is 6.80. The zero-order valence-corrected chi connectivity index (χ0v) is 12.6. The second-order valence-corrected chi connectivity index (χ2v) is 7.41. The standard InChI is InChI=1S/C13H18F3NO4S/c1-2-12(19)17-10-5-3-9(4-6-10)11(7-8-18)22(20,21)13(14,15)16/h2,8-11H,1,3-7H2,(H,17,19). The Labute approximate surface area is 126 Å². The van der Waals surface area contributed by atoms with Crippen molar-refractivity contribution >= 4 is 22.0 Å². The van der Waals surface area contributed by atoms with Crippen molar-refractivity contribution in [2.45, 2.75) is 48.9 Å². The first kappa shape index (κ1) is 18.7. The molecule has 1 amide bonds. The molecule has 0 heterocycles. The predicted molar refractivity (Wildman–Crippen MR) is 73.5 cm³/mol. The predicted octanol–water partition coefficient (Wildman–Crippen LogP) is 1.74. The third-order valence-corrected chi connectivity index (χ3v) is 5.90. The molecule has 22 heavy (non-hydrogen) atoms. The number of nitrogens with one attached hydrogen (secondary N) is 1. The average Bonchev–Trinajstić information content (AvgIpc) is 2.44. The van der Waals surface area contributed by atoms with Gasteiger partial charge in [-0.3, -0.25) is 4.79 Å². The van der Waals surface area contributed by atoms with E-state index in [2.05, 4.69) is 11.9 Å². The molecule has 9 heteroatoms. The Bertz CT molecular complexity index is 522. The van der Waals surface area contributed by atoms with Gasteiger partial charge in [-0.25, -0.2) is 8.42 Å². The van der Waals surface area contributed by atoms with Gasteiger partial charge in [0.25, 0.3) is 9.84 Å². The molecule has 1 aliphatic rings. The SMILES string of the molecule is C=CC(=O)NC1CCC(C(CC=O)S(=O)(=O)C(F)(F)F)CC1. The fraction of sp³-hybridized carbons (Fsp3) is 0.692. The van der Waals surface area contributed by atoms with Crippen LogP contribution in [-0.4, -0.2) is 37.4 Å². The summed E-state index contributed by atoms with van der Waals surface area (Å²) in [7, 11) is -5.38. The van der Waals surface area contributed by atoms with Crippen LogP contribution in [0, 0.1) is 5.92 Å². The number of halogens is 3. The Balaban J connectivity index is 2.79. The summed E-state index contributed by atoms with van der Waals surface area (Å²) in [5, 5.41) is 0.882. The number of aldehydes is 1. The minimum absolute atomic E-state index is 0.204. The Kier molecular flexibility index (Phi) is 6.16. The van der Waals surface area contributed by atoms with Crippen LogP contribution >= 0.6 is 0 Å². The Morgan fingerprint density at radius 1 is 1.27 bits per heavy atom. The largest absolute Gasteiger partial charge is 0.497 e. The van der Waals surface area contributed by atoms with Crippen LogP contribution in [0.2, 0.25) is 0 Å². The molecule has 0 aliphatic heterocycles. The van der Waals surface area contributed by atoms with Crippen LogP contribution in [0.5, 0.6) is 0 Å². The van der Waals surface area contributed by atoms with Crippen molar-refractivity contribution in [1.29, 1.82) is 0 Å². The second kappa shape index (κ2) is 7.26. The zero-order valence-electron chi connectivity index (χ0n) is 11.8. The van der Waals surface area contributed by atoms with Gasteiger partial charge < -0.3 is 10.1 Å². The summed E-state index contributed by atoms with van der Waals surface area (Å²) in [4.78, 5) is 21.7. The highest BCUT2D eigenvalue weighted by atomic mass is 32.2. The minimum atomic E-state index is -5.38. The number of carbonyl (C=O) groups is 2. The van der Waals surface area contributed by atoms with Crippen LogP contribution in [0.15, 0.2) is 12.7 Å². The average molecular weight is 341 g/mol. The molecule has 0 spiro atoms. The number of sulfone groups is 1. The Morgan fingerprint density at radius 3 is 2.23 bits per heavy atom. The number of alkyl halides is 3. The molecular weight excluding hydrogens is 323 g/mol. The topological polar surface area (TPSA) is 80.3 Å². The molecule has 1 N–H and O–H groups in total. The fourth-order valence-corrected chi connectivity index (χ4v) is 4.19. The van der Waals surface area contributed by atoms with Gasteiger partial charge in [-0.05, 0) is 37.7 Å². The highest BCUT2D eigenvalue weighted by Crippen LogP contribution is 2.37. The summed E-state index contributed by atoms with van der Waals surface area (Å²) in [5.74, 6) is -1.12. The number of rotatable bonds is 6. The molecule has 5 nitrogen and oxygen atoms in total. The first-order valence-corrected chi connectivity index (χ1v) is 8.34. The lowest BCUT2D eigenvalue weighted by Crippen LogP contribution is -2.43. The molecular formula is C13H18F3NO4S.